The lowest BCUT2D eigenvalue weighted by atomic mass is 10.2. The Kier molecular flexibility index (Phi) is 7.68. The van der Waals surface area contributed by atoms with Crippen LogP contribution in [-0.2, 0) is 6.54 Å². The largest absolute Gasteiger partial charge is 0.369 e. The summed E-state index contributed by atoms with van der Waals surface area (Å²) >= 11 is 0. The van der Waals surface area contributed by atoms with E-state index in [-0.39, 0.29) is 24.0 Å². The zero-order valence-corrected chi connectivity index (χ0v) is 18.0. The van der Waals surface area contributed by atoms with Crippen LogP contribution in [0.4, 0.5) is 5.69 Å². The van der Waals surface area contributed by atoms with E-state index in [0.29, 0.717) is 12.6 Å². The number of anilines is 1. The summed E-state index contributed by atoms with van der Waals surface area (Å²) in [6.45, 7) is 6.94. The van der Waals surface area contributed by atoms with Gasteiger partial charge in [-0.1, -0.05) is 23.8 Å². The van der Waals surface area contributed by atoms with Crippen molar-refractivity contribution in [3.8, 4) is 0 Å². The molecule has 2 N–H and O–H groups in total. The zero-order chi connectivity index (χ0) is 17.6. The summed E-state index contributed by atoms with van der Waals surface area (Å²) in [6, 6.07) is 13.2. The van der Waals surface area contributed by atoms with Gasteiger partial charge in [-0.25, -0.2) is 0 Å². The molecular weight excluding hydrogens is 437 g/mol. The molecule has 1 saturated heterocycles. The lowest BCUT2D eigenvalue weighted by Gasteiger charge is -2.20. The Labute approximate surface area is 173 Å². The van der Waals surface area contributed by atoms with E-state index >= 15 is 0 Å². The van der Waals surface area contributed by atoms with Gasteiger partial charge in [0.15, 0.2) is 5.96 Å². The second-order valence-corrected chi connectivity index (χ2v) is 6.60. The summed E-state index contributed by atoms with van der Waals surface area (Å²) in [5.74, 6) is 0.834. The lowest BCUT2D eigenvalue weighted by Crippen LogP contribution is -2.44. The molecule has 1 aliphatic rings. The minimum Gasteiger partial charge on any atom is -0.369 e. The van der Waals surface area contributed by atoms with E-state index in [1.165, 1.54) is 16.8 Å². The van der Waals surface area contributed by atoms with Gasteiger partial charge in [-0.15, -0.1) is 24.0 Å². The smallest absolute Gasteiger partial charge is 0.191 e. The molecular formula is C20H28IN5. The van der Waals surface area contributed by atoms with Crippen molar-refractivity contribution >= 4 is 35.6 Å². The molecule has 2 heterocycles. The third kappa shape index (κ3) is 5.33. The van der Waals surface area contributed by atoms with E-state index in [1.54, 1.807) is 0 Å². The monoisotopic (exact) mass is 465 g/mol. The van der Waals surface area contributed by atoms with Crippen LogP contribution < -0.4 is 15.5 Å². The summed E-state index contributed by atoms with van der Waals surface area (Å²) in [4.78, 5) is 11.2. The van der Waals surface area contributed by atoms with Gasteiger partial charge in [0.1, 0.15) is 0 Å². The van der Waals surface area contributed by atoms with Crippen molar-refractivity contribution < 1.29 is 0 Å². The minimum atomic E-state index is 0. The number of aliphatic imine (C=N–C) groups is 1. The summed E-state index contributed by atoms with van der Waals surface area (Å²) < 4.78 is 0. The first-order valence-electron chi connectivity index (χ1n) is 8.85. The number of aryl methyl sites for hydroxylation is 2. The molecule has 0 saturated carbocycles. The first-order chi connectivity index (χ1) is 12.2. The van der Waals surface area contributed by atoms with Crippen LogP contribution >= 0.6 is 24.0 Å². The average molecular weight is 465 g/mol. The molecule has 0 bridgehead atoms. The van der Waals surface area contributed by atoms with Gasteiger partial charge in [-0.3, -0.25) is 9.98 Å². The predicted molar refractivity (Wildman–Crippen MR) is 120 cm³/mol. The first-order valence-corrected chi connectivity index (χ1v) is 8.85. The van der Waals surface area contributed by atoms with Crippen LogP contribution in [0.2, 0.25) is 0 Å². The maximum Gasteiger partial charge on any atom is 0.191 e. The fourth-order valence-corrected chi connectivity index (χ4v) is 3.13. The van der Waals surface area contributed by atoms with Crippen molar-refractivity contribution in [2.75, 3.05) is 25.0 Å². The highest BCUT2D eigenvalue weighted by Gasteiger charge is 2.23. The van der Waals surface area contributed by atoms with Gasteiger partial charge in [0.25, 0.3) is 0 Å². The third-order valence-corrected chi connectivity index (χ3v) is 4.69. The highest BCUT2D eigenvalue weighted by atomic mass is 127. The lowest BCUT2D eigenvalue weighted by molar-refractivity contribution is 0.647. The molecule has 0 aliphatic carbocycles. The van der Waals surface area contributed by atoms with Crippen molar-refractivity contribution in [3.63, 3.8) is 0 Å². The van der Waals surface area contributed by atoms with Gasteiger partial charge in [0.05, 0.1) is 12.2 Å². The summed E-state index contributed by atoms with van der Waals surface area (Å²) in [5.41, 5.74) is 4.84. The van der Waals surface area contributed by atoms with Gasteiger partial charge in [0.2, 0.25) is 0 Å². The Morgan fingerprint density at radius 1 is 1.23 bits per heavy atom. The molecule has 0 amide bonds. The van der Waals surface area contributed by atoms with E-state index in [0.717, 1.165) is 31.2 Å². The molecule has 1 fully saturated rings. The second-order valence-electron chi connectivity index (χ2n) is 6.60. The fraction of sp³-hybridized carbons (Fsp3) is 0.400. The Balaban J connectivity index is 0.00000243. The van der Waals surface area contributed by atoms with E-state index in [1.807, 2.05) is 19.3 Å². The SMILES string of the molecule is CN=C(NCc1ncccc1C)NC1CCN(c2ccc(C)cc2)C1.I. The number of nitrogens with zero attached hydrogens (tertiary/aromatic N) is 3. The van der Waals surface area contributed by atoms with Crippen LogP contribution in [0.3, 0.4) is 0 Å². The summed E-state index contributed by atoms with van der Waals surface area (Å²) in [7, 11) is 1.81. The molecule has 26 heavy (non-hydrogen) atoms. The molecule has 0 spiro atoms. The third-order valence-electron chi connectivity index (χ3n) is 4.69. The van der Waals surface area contributed by atoms with Crippen molar-refractivity contribution in [1.82, 2.24) is 15.6 Å². The standard InChI is InChI=1S/C20H27N5.HI/c1-15-6-8-18(9-7-15)25-12-10-17(14-25)24-20(21-3)23-13-19-16(2)5-4-11-22-19;/h4-9,11,17H,10,12-14H2,1-3H3,(H2,21,23,24);1H. The van der Waals surface area contributed by atoms with Gasteiger partial charge in [-0.05, 0) is 44.0 Å². The van der Waals surface area contributed by atoms with Crippen LogP contribution in [-0.4, -0.2) is 37.1 Å². The molecule has 3 rings (SSSR count). The minimum absolute atomic E-state index is 0. The molecule has 5 nitrogen and oxygen atoms in total. The summed E-state index contributed by atoms with van der Waals surface area (Å²) in [5, 5.41) is 6.91. The first kappa shape index (κ1) is 20.5. The van der Waals surface area contributed by atoms with Crippen molar-refractivity contribution in [3.05, 3.63) is 59.4 Å². The van der Waals surface area contributed by atoms with Gasteiger partial charge in [-0.2, -0.15) is 0 Å². The Bertz CT molecular complexity index is 729. The molecule has 1 aliphatic heterocycles. The van der Waals surface area contributed by atoms with Crippen molar-refractivity contribution in [2.45, 2.75) is 32.9 Å². The molecule has 1 aromatic carbocycles. The molecule has 140 valence electrons. The van der Waals surface area contributed by atoms with Crippen LogP contribution in [0, 0.1) is 13.8 Å². The fourth-order valence-electron chi connectivity index (χ4n) is 3.13. The Morgan fingerprint density at radius 2 is 2.00 bits per heavy atom. The average Bonchev–Trinajstić information content (AvgIpc) is 3.09. The van der Waals surface area contributed by atoms with Gasteiger partial charge in [0, 0.05) is 38.1 Å². The molecule has 1 unspecified atom stereocenters. The van der Waals surface area contributed by atoms with E-state index in [4.69, 9.17) is 0 Å². The maximum absolute atomic E-state index is 4.42. The number of nitrogens with one attached hydrogen (secondary N) is 2. The van der Waals surface area contributed by atoms with Crippen LogP contribution in [0.5, 0.6) is 0 Å². The van der Waals surface area contributed by atoms with Crippen LogP contribution in [0.15, 0.2) is 47.6 Å². The Hall–Kier alpha value is -1.83. The predicted octanol–water partition coefficient (Wildman–Crippen LogP) is 3.26. The van der Waals surface area contributed by atoms with E-state index < -0.39 is 0 Å². The molecule has 2 aromatic rings. The number of pyridine rings is 1. The maximum atomic E-state index is 4.42. The zero-order valence-electron chi connectivity index (χ0n) is 15.7. The number of hydrogen-bond donors (Lipinski definition) is 2. The molecule has 1 aromatic heterocycles. The van der Waals surface area contributed by atoms with Crippen LogP contribution in [0.1, 0.15) is 23.2 Å². The number of aromatic nitrogens is 1. The number of guanidine groups is 1. The van der Waals surface area contributed by atoms with Crippen LogP contribution in [0.25, 0.3) is 0 Å². The number of hydrogen-bond acceptors (Lipinski definition) is 3. The normalized spacial score (nSPS) is 17.0. The molecule has 0 radical (unpaired) electrons. The topological polar surface area (TPSA) is 52.6 Å². The van der Waals surface area contributed by atoms with Crippen molar-refractivity contribution in [2.24, 2.45) is 4.99 Å². The molecule has 6 heteroatoms. The highest BCUT2D eigenvalue weighted by molar-refractivity contribution is 14.0. The molecule has 1 atom stereocenters. The number of rotatable bonds is 4. The second kappa shape index (κ2) is 9.75. The van der Waals surface area contributed by atoms with E-state index in [9.17, 15) is 0 Å². The van der Waals surface area contributed by atoms with Gasteiger partial charge >= 0.3 is 0 Å². The van der Waals surface area contributed by atoms with Crippen molar-refractivity contribution in [1.29, 1.82) is 0 Å². The number of halogens is 1. The highest BCUT2D eigenvalue weighted by Crippen LogP contribution is 2.20. The van der Waals surface area contributed by atoms with Gasteiger partial charge < -0.3 is 15.5 Å². The Morgan fingerprint density at radius 3 is 2.69 bits per heavy atom. The quantitative estimate of drug-likeness (QED) is 0.414. The number of benzene rings is 1. The summed E-state index contributed by atoms with van der Waals surface area (Å²) in [6.07, 6.45) is 2.94. The van der Waals surface area contributed by atoms with E-state index in [2.05, 4.69) is 69.7 Å².